The summed E-state index contributed by atoms with van der Waals surface area (Å²) >= 11 is 0. The van der Waals surface area contributed by atoms with Crippen LogP contribution in [0.3, 0.4) is 0 Å². The number of hydrogen-bond acceptors (Lipinski definition) is 4. The quantitative estimate of drug-likeness (QED) is 0.628. The SMILES string of the molecule is Cn1ccnc1CNCCCS(N)(=O)=O. The van der Waals surface area contributed by atoms with Crippen LogP contribution in [0.25, 0.3) is 0 Å². The molecule has 0 radical (unpaired) electrons. The Morgan fingerprint density at radius 2 is 2.33 bits per heavy atom. The molecule has 1 heterocycles. The van der Waals surface area contributed by atoms with Gasteiger partial charge in [0.25, 0.3) is 0 Å². The number of nitrogens with two attached hydrogens (primary N) is 1. The smallest absolute Gasteiger partial charge is 0.209 e. The topological polar surface area (TPSA) is 90.0 Å². The zero-order valence-corrected chi connectivity index (χ0v) is 9.50. The Hall–Kier alpha value is -0.920. The van der Waals surface area contributed by atoms with Crippen molar-refractivity contribution in [2.45, 2.75) is 13.0 Å². The molecule has 0 aliphatic heterocycles. The molecule has 1 rings (SSSR count). The summed E-state index contributed by atoms with van der Waals surface area (Å²) in [5.74, 6) is 0.936. The molecule has 7 heteroatoms. The third kappa shape index (κ3) is 4.91. The van der Waals surface area contributed by atoms with Crippen molar-refractivity contribution in [3.63, 3.8) is 0 Å². The minimum Gasteiger partial charge on any atom is -0.337 e. The molecular weight excluding hydrogens is 216 g/mol. The normalized spacial score (nSPS) is 11.9. The van der Waals surface area contributed by atoms with Crippen molar-refractivity contribution >= 4 is 10.0 Å². The second kappa shape index (κ2) is 5.24. The van der Waals surface area contributed by atoms with Gasteiger partial charge in [-0.2, -0.15) is 0 Å². The highest BCUT2D eigenvalue weighted by molar-refractivity contribution is 7.89. The number of sulfonamides is 1. The molecule has 86 valence electrons. The van der Waals surface area contributed by atoms with E-state index in [4.69, 9.17) is 5.14 Å². The Balaban J connectivity index is 2.15. The molecule has 6 nitrogen and oxygen atoms in total. The molecule has 3 N–H and O–H groups in total. The van der Waals surface area contributed by atoms with Crippen molar-refractivity contribution in [3.8, 4) is 0 Å². The summed E-state index contributed by atoms with van der Waals surface area (Å²) < 4.78 is 23.1. The Bertz CT molecular complexity index is 399. The molecule has 0 atom stereocenters. The average molecular weight is 232 g/mol. The van der Waals surface area contributed by atoms with E-state index in [1.165, 1.54) is 0 Å². The Morgan fingerprint density at radius 1 is 1.60 bits per heavy atom. The fourth-order valence-corrected chi connectivity index (χ4v) is 1.71. The van der Waals surface area contributed by atoms with Gasteiger partial charge < -0.3 is 9.88 Å². The van der Waals surface area contributed by atoms with Crippen LogP contribution in [0.15, 0.2) is 12.4 Å². The molecule has 0 amide bonds. The van der Waals surface area contributed by atoms with Crippen LogP contribution in [-0.2, 0) is 23.6 Å². The molecule has 0 aliphatic rings. The highest BCUT2D eigenvalue weighted by atomic mass is 32.2. The predicted octanol–water partition coefficient (Wildman–Crippen LogP) is -0.812. The van der Waals surface area contributed by atoms with E-state index >= 15 is 0 Å². The lowest BCUT2D eigenvalue weighted by atomic mass is 10.4. The third-order valence-corrected chi connectivity index (χ3v) is 2.84. The summed E-state index contributed by atoms with van der Waals surface area (Å²) in [5, 5.41) is 7.96. The fourth-order valence-electron chi connectivity index (χ4n) is 1.17. The lowest BCUT2D eigenvalue weighted by Gasteiger charge is -2.04. The van der Waals surface area contributed by atoms with Crippen LogP contribution in [0.5, 0.6) is 0 Å². The number of rotatable bonds is 6. The van der Waals surface area contributed by atoms with E-state index in [0.717, 1.165) is 5.82 Å². The Morgan fingerprint density at radius 3 is 2.87 bits per heavy atom. The zero-order chi connectivity index (χ0) is 11.3. The number of aromatic nitrogens is 2. The lowest BCUT2D eigenvalue weighted by Crippen LogP contribution is -2.22. The summed E-state index contributed by atoms with van der Waals surface area (Å²) in [4.78, 5) is 4.12. The molecule has 0 unspecified atom stereocenters. The van der Waals surface area contributed by atoms with Gasteiger partial charge in [0.15, 0.2) is 0 Å². The van der Waals surface area contributed by atoms with Gasteiger partial charge in [-0.1, -0.05) is 0 Å². The number of primary sulfonamides is 1. The largest absolute Gasteiger partial charge is 0.337 e. The number of nitrogens with zero attached hydrogens (tertiary/aromatic N) is 2. The fraction of sp³-hybridized carbons (Fsp3) is 0.625. The highest BCUT2D eigenvalue weighted by Gasteiger charge is 2.02. The van der Waals surface area contributed by atoms with Crippen LogP contribution in [-0.4, -0.2) is 30.3 Å². The van der Waals surface area contributed by atoms with Crippen LogP contribution >= 0.6 is 0 Å². The summed E-state index contributed by atoms with van der Waals surface area (Å²) in [6, 6.07) is 0. The Kier molecular flexibility index (Phi) is 4.25. The molecular formula is C8H16N4O2S. The summed E-state index contributed by atoms with van der Waals surface area (Å²) in [5.41, 5.74) is 0. The summed E-state index contributed by atoms with van der Waals surface area (Å²) in [6.07, 6.45) is 4.10. The number of nitrogens with one attached hydrogen (secondary N) is 1. The van der Waals surface area contributed by atoms with Crippen LogP contribution in [0.4, 0.5) is 0 Å². The van der Waals surface area contributed by atoms with E-state index < -0.39 is 10.0 Å². The van der Waals surface area contributed by atoms with Gasteiger partial charge in [0, 0.05) is 19.4 Å². The van der Waals surface area contributed by atoms with E-state index in [-0.39, 0.29) is 5.75 Å². The van der Waals surface area contributed by atoms with Crippen LogP contribution in [0.1, 0.15) is 12.2 Å². The number of aryl methyl sites for hydroxylation is 1. The van der Waals surface area contributed by atoms with Crippen molar-refractivity contribution in [1.82, 2.24) is 14.9 Å². The van der Waals surface area contributed by atoms with Crippen molar-refractivity contribution in [3.05, 3.63) is 18.2 Å². The molecule has 0 aliphatic carbocycles. The molecule has 1 aromatic rings. The molecule has 0 saturated heterocycles. The highest BCUT2D eigenvalue weighted by Crippen LogP contribution is 1.93. The summed E-state index contributed by atoms with van der Waals surface area (Å²) in [6.45, 7) is 1.25. The van der Waals surface area contributed by atoms with Gasteiger partial charge in [-0.05, 0) is 13.0 Å². The Labute approximate surface area is 89.5 Å². The second-order valence-corrected chi connectivity index (χ2v) is 5.09. The zero-order valence-electron chi connectivity index (χ0n) is 8.68. The van der Waals surface area contributed by atoms with E-state index in [1.807, 2.05) is 17.8 Å². The van der Waals surface area contributed by atoms with Crippen molar-refractivity contribution in [2.75, 3.05) is 12.3 Å². The monoisotopic (exact) mass is 232 g/mol. The van der Waals surface area contributed by atoms with Gasteiger partial charge >= 0.3 is 0 Å². The molecule has 0 aromatic carbocycles. The van der Waals surface area contributed by atoms with Crippen LogP contribution in [0, 0.1) is 0 Å². The van der Waals surface area contributed by atoms with Gasteiger partial charge in [-0.15, -0.1) is 0 Å². The standard InChI is InChI=1S/C8H16N4O2S/c1-12-5-4-11-8(12)7-10-3-2-6-15(9,13)14/h4-5,10H,2-3,6-7H2,1H3,(H2,9,13,14). The van der Waals surface area contributed by atoms with E-state index in [2.05, 4.69) is 10.3 Å². The van der Waals surface area contributed by atoms with Gasteiger partial charge in [-0.25, -0.2) is 18.5 Å². The van der Waals surface area contributed by atoms with Gasteiger partial charge in [-0.3, -0.25) is 0 Å². The molecule has 0 fully saturated rings. The molecule has 0 bridgehead atoms. The van der Waals surface area contributed by atoms with Gasteiger partial charge in [0.1, 0.15) is 5.82 Å². The summed E-state index contributed by atoms with van der Waals surface area (Å²) in [7, 11) is -1.42. The maximum atomic E-state index is 10.6. The number of imidazole rings is 1. The maximum Gasteiger partial charge on any atom is 0.209 e. The van der Waals surface area contributed by atoms with E-state index in [0.29, 0.717) is 19.5 Å². The van der Waals surface area contributed by atoms with Gasteiger partial charge in [0.2, 0.25) is 10.0 Å². The maximum absolute atomic E-state index is 10.6. The van der Waals surface area contributed by atoms with E-state index in [1.54, 1.807) is 6.20 Å². The first-order valence-electron chi connectivity index (χ1n) is 4.66. The minimum atomic E-state index is -3.33. The van der Waals surface area contributed by atoms with Crippen molar-refractivity contribution < 1.29 is 8.42 Å². The molecule has 1 aromatic heterocycles. The molecule has 15 heavy (non-hydrogen) atoms. The lowest BCUT2D eigenvalue weighted by molar-refractivity contribution is 0.587. The second-order valence-electron chi connectivity index (χ2n) is 3.35. The third-order valence-electron chi connectivity index (χ3n) is 1.99. The molecule has 0 spiro atoms. The predicted molar refractivity (Wildman–Crippen MR) is 57.5 cm³/mol. The van der Waals surface area contributed by atoms with E-state index in [9.17, 15) is 8.42 Å². The van der Waals surface area contributed by atoms with Crippen molar-refractivity contribution in [1.29, 1.82) is 0 Å². The number of hydrogen-bond donors (Lipinski definition) is 2. The molecule has 0 saturated carbocycles. The van der Waals surface area contributed by atoms with Crippen molar-refractivity contribution in [2.24, 2.45) is 12.2 Å². The van der Waals surface area contributed by atoms with Gasteiger partial charge in [0.05, 0.1) is 12.3 Å². The average Bonchev–Trinajstić information content (AvgIpc) is 2.49. The first-order chi connectivity index (χ1) is 6.99. The first-order valence-corrected chi connectivity index (χ1v) is 6.38. The van der Waals surface area contributed by atoms with Crippen LogP contribution < -0.4 is 10.5 Å². The minimum absolute atomic E-state index is 0.0144. The first kappa shape index (κ1) is 12.2. The van der Waals surface area contributed by atoms with Crippen LogP contribution in [0.2, 0.25) is 0 Å².